The van der Waals surface area contributed by atoms with Crippen LogP contribution in [0.25, 0.3) is 10.8 Å². The fraction of sp³-hybridized carbons (Fsp3) is 0.143. The van der Waals surface area contributed by atoms with E-state index in [1.807, 2.05) is 12.1 Å². The zero-order valence-electron chi connectivity index (χ0n) is 17.2. The Morgan fingerprint density at radius 1 is 0.848 bits per heavy atom. The first kappa shape index (κ1) is 24.3. The minimum atomic E-state index is -3.93. The smallest absolute Gasteiger partial charge is 0.307 e. The average Bonchev–Trinajstić information content (AvgIpc) is 2.77. The van der Waals surface area contributed by atoms with Crippen LogP contribution in [0, 0.1) is 0 Å². The number of primary sulfonamides is 1. The maximum atomic E-state index is 12.4. The van der Waals surface area contributed by atoms with Gasteiger partial charge in [-0.05, 0) is 41.1 Å². The SMILES string of the molecule is NS(=O)(=O)c1cccc(NC(=O)COC(=O)CCNS(=O)(=O)c2ccc3ccccc3c2)c1. The summed E-state index contributed by atoms with van der Waals surface area (Å²) < 4.78 is 54.7. The van der Waals surface area contributed by atoms with Gasteiger partial charge in [-0.1, -0.05) is 36.4 Å². The molecule has 0 atom stereocenters. The molecule has 0 saturated heterocycles. The van der Waals surface area contributed by atoms with Crippen molar-refractivity contribution in [2.45, 2.75) is 16.2 Å². The summed E-state index contributed by atoms with van der Waals surface area (Å²) in [7, 11) is -7.76. The number of ether oxygens (including phenoxy) is 1. The molecule has 3 aromatic carbocycles. The molecule has 0 bridgehead atoms. The minimum Gasteiger partial charge on any atom is -0.456 e. The number of nitrogens with two attached hydrogens (primary N) is 1. The first-order valence-corrected chi connectivity index (χ1v) is 12.6. The number of nitrogens with one attached hydrogen (secondary N) is 2. The van der Waals surface area contributed by atoms with Crippen LogP contribution in [-0.4, -0.2) is 41.9 Å². The van der Waals surface area contributed by atoms with Gasteiger partial charge < -0.3 is 10.1 Å². The Balaban J connectivity index is 1.46. The molecule has 0 aliphatic carbocycles. The summed E-state index contributed by atoms with van der Waals surface area (Å²) in [5.41, 5.74) is 0.158. The zero-order valence-corrected chi connectivity index (χ0v) is 18.9. The lowest BCUT2D eigenvalue weighted by atomic mass is 10.1. The predicted octanol–water partition coefficient (Wildman–Crippen LogP) is 1.34. The summed E-state index contributed by atoms with van der Waals surface area (Å²) in [6.07, 6.45) is -0.291. The molecule has 1 amide bonds. The fourth-order valence-corrected chi connectivity index (χ4v) is 4.50. The second-order valence-corrected chi connectivity index (χ2v) is 10.3. The predicted molar refractivity (Wildman–Crippen MR) is 121 cm³/mol. The van der Waals surface area contributed by atoms with Crippen LogP contribution >= 0.6 is 0 Å². The highest BCUT2D eigenvalue weighted by Crippen LogP contribution is 2.19. The van der Waals surface area contributed by atoms with Crippen LogP contribution in [-0.2, 0) is 34.4 Å². The second-order valence-electron chi connectivity index (χ2n) is 6.94. The van der Waals surface area contributed by atoms with Crippen molar-refractivity contribution in [2.24, 2.45) is 5.14 Å². The van der Waals surface area contributed by atoms with Gasteiger partial charge in [0.1, 0.15) is 0 Å². The standard InChI is InChI=1S/C21H21N3O7S2/c22-32(27,28)18-7-3-6-17(13-18)24-20(25)14-31-21(26)10-11-23-33(29,30)19-9-8-15-4-1-2-5-16(15)12-19/h1-9,12-13,23H,10-11,14H2,(H,24,25)(H2,22,27,28). The van der Waals surface area contributed by atoms with Gasteiger partial charge in [-0.25, -0.2) is 26.7 Å². The maximum absolute atomic E-state index is 12.4. The Kier molecular flexibility index (Phi) is 7.43. The Morgan fingerprint density at radius 3 is 2.30 bits per heavy atom. The number of anilines is 1. The summed E-state index contributed by atoms with van der Waals surface area (Å²) in [5, 5.41) is 9.08. The van der Waals surface area contributed by atoms with Crippen LogP contribution in [0.3, 0.4) is 0 Å². The first-order chi connectivity index (χ1) is 15.5. The number of hydrogen-bond acceptors (Lipinski definition) is 7. The number of hydrogen-bond donors (Lipinski definition) is 3. The topological polar surface area (TPSA) is 162 Å². The molecular formula is C21H21N3O7S2. The average molecular weight is 492 g/mol. The van der Waals surface area contributed by atoms with Gasteiger partial charge in [0.15, 0.2) is 6.61 Å². The molecule has 3 rings (SSSR count). The molecule has 0 saturated carbocycles. The van der Waals surface area contributed by atoms with Crippen molar-refractivity contribution in [1.29, 1.82) is 0 Å². The summed E-state index contributed by atoms with van der Waals surface area (Å²) in [4.78, 5) is 23.7. The van der Waals surface area contributed by atoms with Crippen molar-refractivity contribution >= 4 is 48.4 Å². The van der Waals surface area contributed by atoms with Crippen LogP contribution in [0.2, 0.25) is 0 Å². The lowest BCUT2D eigenvalue weighted by Gasteiger charge is -2.09. The minimum absolute atomic E-state index is 0.0654. The molecule has 4 N–H and O–H groups in total. The van der Waals surface area contributed by atoms with Gasteiger partial charge in [-0.3, -0.25) is 9.59 Å². The molecule has 0 spiro atoms. The highest BCUT2D eigenvalue weighted by molar-refractivity contribution is 7.89. The van der Waals surface area contributed by atoms with Crippen molar-refractivity contribution < 1.29 is 31.2 Å². The van der Waals surface area contributed by atoms with E-state index in [0.717, 1.165) is 16.8 Å². The second kappa shape index (κ2) is 10.1. The molecule has 0 fully saturated rings. The summed E-state index contributed by atoms with van der Waals surface area (Å²) in [6, 6.07) is 17.3. The number of amides is 1. The van der Waals surface area contributed by atoms with Gasteiger partial charge in [-0.2, -0.15) is 0 Å². The van der Waals surface area contributed by atoms with Crippen molar-refractivity contribution in [3.05, 3.63) is 66.7 Å². The van der Waals surface area contributed by atoms with E-state index in [2.05, 4.69) is 10.0 Å². The van der Waals surface area contributed by atoms with E-state index in [1.54, 1.807) is 18.2 Å². The highest BCUT2D eigenvalue weighted by atomic mass is 32.2. The fourth-order valence-electron chi connectivity index (χ4n) is 2.87. The number of carbonyl (C=O) groups excluding carboxylic acids is 2. The van der Waals surface area contributed by atoms with Gasteiger partial charge >= 0.3 is 5.97 Å². The van der Waals surface area contributed by atoms with Gasteiger partial charge in [0.25, 0.3) is 5.91 Å². The molecule has 3 aromatic rings. The first-order valence-electron chi connectivity index (χ1n) is 9.61. The van der Waals surface area contributed by atoms with Crippen LogP contribution in [0.4, 0.5) is 5.69 Å². The molecule has 10 nitrogen and oxygen atoms in total. The Morgan fingerprint density at radius 2 is 1.58 bits per heavy atom. The van der Waals surface area contributed by atoms with E-state index < -0.39 is 38.5 Å². The van der Waals surface area contributed by atoms with E-state index in [4.69, 9.17) is 9.88 Å². The molecule has 0 heterocycles. The summed E-state index contributed by atoms with van der Waals surface area (Å²) >= 11 is 0. The number of carbonyl (C=O) groups is 2. The Hall–Kier alpha value is -3.32. The molecule has 0 aliphatic rings. The number of esters is 1. The molecular weight excluding hydrogens is 470 g/mol. The molecule has 12 heteroatoms. The molecule has 0 radical (unpaired) electrons. The Labute approximate surface area is 190 Å². The largest absolute Gasteiger partial charge is 0.456 e. The van der Waals surface area contributed by atoms with Gasteiger partial charge in [0.2, 0.25) is 20.0 Å². The van der Waals surface area contributed by atoms with E-state index in [-0.39, 0.29) is 28.4 Å². The van der Waals surface area contributed by atoms with Crippen LogP contribution < -0.4 is 15.2 Å². The van der Waals surface area contributed by atoms with E-state index >= 15 is 0 Å². The highest BCUT2D eigenvalue weighted by Gasteiger charge is 2.16. The number of rotatable bonds is 9. The molecule has 33 heavy (non-hydrogen) atoms. The Bertz CT molecular complexity index is 1400. The zero-order chi connectivity index (χ0) is 24.1. The van der Waals surface area contributed by atoms with Crippen LogP contribution in [0.1, 0.15) is 6.42 Å². The molecule has 0 aliphatic heterocycles. The molecule has 174 valence electrons. The quantitative estimate of drug-likeness (QED) is 0.380. The lowest BCUT2D eigenvalue weighted by molar-refractivity contribution is -0.147. The van der Waals surface area contributed by atoms with Crippen molar-refractivity contribution in [3.63, 3.8) is 0 Å². The van der Waals surface area contributed by atoms with E-state index in [0.29, 0.717) is 0 Å². The monoisotopic (exact) mass is 491 g/mol. The van der Waals surface area contributed by atoms with E-state index in [9.17, 15) is 26.4 Å². The third-order valence-corrected chi connectivity index (χ3v) is 6.83. The van der Waals surface area contributed by atoms with Crippen molar-refractivity contribution in [1.82, 2.24) is 4.72 Å². The number of fused-ring (bicyclic) bond motifs is 1. The van der Waals surface area contributed by atoms with Gasteiger partial charge in [0, 0.05) is 12.2 Å². The van der Waals surface area contributed by atoms with Crippen LogP contribution in [0.15, 0.2) is 76.5 Å². The molecule has 0 unspecified atom stereocenters. The lowest BCUT2D eigenvalue weighted by Crippen LogP contribution is -2.28. The third-order valence-electron chi connectivity index (χ3n) is 4.46. The number of sulfonamides is 2. The summed E-state index contributed by atoms with van der Waals surface area (Å²) in [6.45, 7) is -0.845. The van der Waals surface area contributed by atoms with E-state index in [1.165, 1.54) is 30.3 Å². The number of benzene rings is 3. The maximum Gasteiger partial charge on any atom is 0.307 e. The molecule has 0 aromatic heterocycles. The van der Waals surface area contributed by atoms with Crippen molar-refractivity contribution in [2.75, 3.05) is 18.5 Å². The van der Waals surface area contributed by atoms with Crippen LogP contribution in [0.5, 0.6) is 0 Å². The van der Waals surface area contributed by atoms with Gasteiger partial charge in [-0.15, -0.1) is 0 Å². The van der Waals surface area contributed by atoms with Crippen molar-refractivity contribution in [3.8, 4) is 0 Å². The van der Waals surface area contributed by atoms with Gasteiger partial charge in [0.05, 0.1) is 16.2 Å². The normalized spacial score (nSPS) is 11.8. The third kappa shape index (κ3) is 6.83. The summed E-state index contributed by atoms with van der Waals surface area (Å²) in [5.74, 6) is -1.49.